The summed E-state index contributed by atoms with van der Waals surface area (Å²) in [6.07, 6.45) is 1.68. The van der Waals surface area contributed by atoms with Gasteiger partial charge in [-0.25, -0.2) is 4.98 Å². The molecule has 2 heterocycles. The van der Waals surface area contributed by atoms with Crippen LogP contribution in [-0.2, 0) is 9.53 Å². The number of carbonyl (C=O) groups is 1. The minimum Gasteiger partial charge on any atom is -0.375 e. The number of anilines is 2. The molecular weight excluding hydrogens is 244 g/mol. The van der Waals surface area contributed by atoms with Crippen LogP contribution in [0.4, 0.5) is 11.5 Å². The van der Waals surface area contributed by atoms with Crippen molar-refractivity contribution >= 4 is 17.4 Å². The first-order valence-electron chi connectivity index (χ1n) is 6.37. The lowest BCUT2D eigenvalue weighted by molar-refractivity contribution is -0.119. The maximum atomic E-state index is 11.4. The third-order valence-corrected chi connectivity index (χ3v) is 3.13. The highest BCUT2D eigenvalue weighted by atomic mass is 16.5. The number of carbonyl (C=O) groups excluding carboxylic acids is 1. The molecular formula is C13H20N4O2. The number of aromatic nitrogens is 1. The molecule has 1 saturated heterocycles. The Morgan fingerprint density at radius 2 is 2.11 bits per heavy atom. The van der Waals surface area contributed by atoms with Crippen LogP contribution in [0, 0.1) is 0 Å². The fourth-order valence-electron chi connectivity index (χ4n) is 2.01. The summed E-state index contributed by atoms with van der Waals surface area (Å²) in [6, 6.07) is 3.81. The smallest absolute Gasteiger partial charge is 0.250 e. The van der Waals surface area contributed by atoms with E-state index in [1.165, 1.54) is 7.11 Å². The van der Waals surface area contributed by atoms with Crippen molar-refractivity contribution in [3.05, 3.63) is 18.3 Å². The predicted octanol–water partition coefficient (Wildman–Crippen LogP) is 0.418. The lowest BCUT2D eigenvalue weighted by atomic mass is 10.3. The zero-order valence-corrected chi connectivity index (χ0v) is 11.4. The molecule has 1 aliphatic heterocycles. The van der Waals surface area contributed by atoms with Crippen molar-refractivity contribution in [1.29, 1.82) is 0 Å². The molecule has 19 heavy (non-hydrogen) atoms. The molecule has 1 aromatic rings. The molecule has 6 heteroatoms. The molecule has 0 unspecified atom stereocenters. The summed E-state index contributed by atoms with van der Waals surface area (Å²) in [5.74, 6) is 0.787. The molecule has 1 fully saturated rings. The van der Waals surface area contributed by atoms with E-state index in [-0.39, 0.29) is 12.5 Å². The van der Waals surface area contributed by atoms with Crippen LogP contribution >= 0.6 is 0 Å². The number of ether oxygens (including phenoxy) is 1. The van der Waals surface area contributed by atoms with E-state index in [1.807, 2.05) is 12.1 Å². The molecule has 0 bridgehead atoms. The number of methoxy groups -OCH3 is 1. The van der Waals surface area contributed by atoms with Gasteiger partial charge in [-0.2, -0.15) is 0 Å². The summed E-state index contributed by atoms with van der Waals surface area (Å²) in [7, 11) is 3.62. The Labute approximate surface area is 113 Å². The lowest BCUT2D eigenvalue weighted by Gasteiger charge is -2.33. The molecule has 0 aromatic carbocycles. The molecule has 0 atom stereocenters. The van der Waals surface area contributed by atoms with Gasteiger partial charge in [-0.05, 0) is 19.2 Å². The summed E-state index contributed by atoms with van der Waals surface area (Å²) >= 11 is 0. The van der Waals surface area contributed by atoms with Crippen LogP contribution in [0.3, 0.4) is 0 Å². The number of amides is 1. The first kappa shape index (κ1) is 13.8. The Hall–Kier alpha value is -1.66. The summed E-state index contributed by atoms with van der Waals surface area (Å²) in [6.45, 7) is 4.12. The molecule has 1 amide bonds. The van der Waals surface area contributed by atoms with Gasteiger partial charge in [-0.3, -0.25) is 4.79 Å². The number of piperazine rings is 1. The maximum Gasteiger partial charge on any atom is 0.250 e. The Kier molecular flexibility index (Phi) is 4.70. The number of pyridine rings is 1. The predicted molar refractivity (Wildman–Crippen MR) is 74.5 cm³/mol. The van der Waals surface area contributed by atoms with Crippen LogP contribution in [0.25, 0.3) is 0 Å². The van der Waals surface area contributed by atoms with Gasteiger partial charge in [0, 0.05) is 33.3 Å². The summed E-state index contributed by atoms with van der Waals surface area (Å²) < 4.78 is 4.76. The van der Waals surface area contributed by atoms with Crippen LogP contribution in [-0.4, -0.2) is 62.7 Å². The average Bonchev–Trinajstić information content (AvgIpc) is 2.41. The number of nitrogens with zero attached hydrogens (tertiary/aromatic N) is 3. The van der Waals surface area contributed by atoms with Gasteiger partial charge in [0.1, 0.15) is 12.4 Å². The van der Waals surface area contributed by atoms with Gasteiger partial charge >= 0.3 is 0 Å². The minimum atomic E-state index is -0.170. The summed E-state index contributed by atoms with van der Waals surface area (Å²) in [5, 5.41) is 2.73. The molecule has 6 nitrogen and oxygen atoms in total. The Morgan fingerprint density at radius 1 is 1.37 bits per heavy atom. The van der Waals surface area contributed by atoms with E-state index in [0.717, 1.165) is 32.0 Å². The van der Waals surface area contributed by atoms with E-state index >= 15 is 0 Å². The van der Waals surface area contributed by atoms with E-state index in [1.54, 1.807) is 6.20 Å². The molecule has 104 valence electrons. The molecule has 2 rings (SSSR count). The second-order valence-corrected chi connectivity index (χ2v) is 4.68. The van der Waals surface area contributed by atoms with Gasteiger partial charge in [0.2, 0.25) is 5.91 Å². The van der Waals surface area contributed by atoms with Gasteiger partial charge in [0.15, 0.2) is 0 Å². The van der Waals surface area contributed by atoms with Crippen molar-refractivity contribution in [3.63, 3.8) is 0 Å². The zero-order chi connectivity index (χ0) is 13.7. The second kappa shape index (κ2) is 6.49. The normalized spacial score (nSPS) is 16.4. The fraction of sp³-hybridized carbons (Fsp3) is 0.538. The van der Waals surface area contributed by atoms with Gasteiger partial charge < -0.3 is 19.9 Å². The van der Waals surface area contributed by atoms with E-state index in [9.17, 15) is 4.79 Å². The van der Waals surface area contributed by atoms with Crippen molar-refractivity contribution in [2.24, 2.45) is 0 Å². The summed E-state index contributed by atoms with van der Waals surface area (Å²) in [5.41, 5.74) is 0.694. The molecule has 0 radical (unpaired) electrons. The molecule has 1 aliphatic rings. The topological polar surface area (TPSA) is 57.7 Å². The highest BCUT2D eigenvalue weighted by Gasteiger charge is 2.15. The molecule has 1 N–H and O–H groups in total. The fourth-order valence-corrected chi connectivity index (χ4v) is 2.01. The van der Waals surface area contributed by atoms with Crippen LogP contribution in [0.2, 0.25) is 0 Å². The quantitative estimate of drug-likeness (QED) is 0.854. The third kappa shape index (κ3) is 3.90. The standard InChI is InChI=1S/C13H20N4O2/c1-16-5-7-17(8-6-16)12-4-3-11(9-14-12)15-13(18)10-19-2/h3-4,9H,5-8,10H2,1-2H3,(H,15,18). The van der Waals surface area contributed by atoms with Crippen molar-refractivity contribution in [3.8, 4) is 0 Å². The SMILES string of the molecule is COCC(=O)Nc1ccc(N2CCN(C)CC2)nc1. The zero-order valence-electron chi connectivity index (χ0n) is 11.4. The maximum absolute atomic E-state index is 11.4. The van der Waals surface area contributed by atoms with E-state index in [0.29, 0.717) is 5.69 Å². The second-order valence-electron chi connectivity index (χ2n) is 4.68. The monoisotopic (exact) mass is 264 g/mol. The average molecular weight is 264 g/mol. The van der Waals surface area contributed by atoms with Crippen molar-refractivity contribution in [2.75, 3.05) is 57.2 Å². The number of rotatable bonds is 4. The van der Waals surface area contributed by atoms with Gasteiger partial charge in [0.05, 0.1) is 11.9 Å². The number of likely N-dealkylation sites (N-methyl/N-ethyl adjacent to an activating group) is 1. The lowest BCUT2D eigenvalue weighted by Crippen LogP contribution is -2.44. The van der Waals surface area contributed by atoms with E-state index in [2.05, 4.69) is 27.1 Å². The van der Waals surface area contributed by atoms with Crippen molar-refractivity contribution in [2.45, 2.75) is 0 Å². The van der Waals surface area contributed by atoms with Gasteiger partial charge in [0.25, 0.3) is 0 Å². The highest BCUT2D eigenvalue weighted by molar-refractivity contribution is 5.91. The largest absolute Gasteiger partial charge is 0.375 e. The minimum absolute atomic E-state index is 0.0558. The molecule has 0 aliphatic carbocycles. The van der Waals surface area contributed by atoms with Gasteiger partial charge in [-0.1, -0.05) is 0 Å². The number of hydrogen-bond acceptors (Lipinski definition) is 5. The van der Waals surface area contributed by atoms with Crippen LogP contribution in [0.1, 0.15) is 0 Å². The van der Waals surface area contributed by atoms with Crippen LogP contribution in [0.5, 0.6) is 0 Å². The third-order valence-electron chi connectivity index (χ3n) is 3.13. The molecule has 0 spiro atoms. The Morgan fingerprint density at radius 3 is 2.68 bits per heavy atom. The van der Waals surface area contributed by atoms with Crippen LogP contribution in [0.15, 0.2) is 18.3 Å². The van der Waals surface area contributed by atoms with Crippen molar-refractivity contribution in [1.82, 2.24) is 9.88 Å². The summed E-state index contributed by atoms with van der Waals surface area (Å²) in [4.78, 5) is 20.3. The first-order chi connectivity index (χ1) is 9.19. The van der Waals surface area contributed by atoms with Crippen LogP contribution < -0.4 is 10.2 Å². The number of hydrogen-bond donors (Lipinski definition) is 1. The van der Waals surface area contributed by atoms with E-state index in [4.69, 9.17) is 4.74 Å². The highest BCUT2D eigenvalue weighted by Crippen LogP contribution is 2.15. The Balaban J connectivity index is 1.92. The Bertz CT molecular complexity index is 413. The molecule has 1 aromatic heterocycles. The molecule has 0 saturated carbocycles. The van der Waals surface area contributed by atoms with Gasteiger partial charge in [-0.15, -0.1) is 0 Å². The first-order valence-corrected chi connectivity index (χ1v) is 6.37. The van der Waals surface area contributed by atoms with Crippen molar-refractivity contribution < 1.29 is 9.53 Å². The van der Waals surface area contributed by atoms with E-state index < -0.39 is 0 Å². The number of nitrogens with one attached hydrogen (secondary N) is 1.